The number of hydrogen-bond donors (Lipinski definition) is 0. The normalized spacial score (nSPS) is 20.5. The van der Waals surface area contributed by atoms with Gasteiger partial charge in [-0.15, -0.1) is 0 Å². The van der Waals surface area contributed by atoms with Gasteiger partial charge in [0.1, 0.15) is 17.3 Å². The van der Waals surface area contributed by atoms with Gasteiger partial charge in [0.05, 0.1) is 12.6 Å². The highest BCUT2D eigenvalue weighted by atomic mass is 35.5. The zero-order valence-electron chi connectivity index (χ0n) is 14.3. The monoisotopic (exact) mass is 373 g/mol. The molecule has 3 heterocycles. The lowest BCUT2D eigenvalue weighted by atomic mass is 10.1. The van der Waals surface area contributed by atoms with Gasteiger partial charge in [-0.2, -0.15) is 5.06 Å². The highest BCUT2D eigenvalue weighted by Crippen LogP contribution is 2.31. The number of carbonyl (C=O) groups is 1. The molecule has 0 aliphatic carbocycles. The molecular weight excluding hydrogens is 354 g/mol. The lowest BCUT2D eigenvalue weighted by Crippen LogP contribution is -2.52. The quantitative estimate of drug-likeness (QED) is 0.757. The van der Waals surface area contributed by atoms with Gasteiger partial charge in [-0.1, -0.05) is 41.9 Å². The fourth-order valence-electron chi connectivity index (χ4n) is 3.40. The number of hydroxylamine groups is 2. The Morgan fingerprint density at radius 2 is 1.88 bits per heavy atom. The van der Waals surface area contributed by atoms with Gasteiger partial charge in [-0.05, 0) is 5.56 Å². The van der Waals surface area contributed by atoms with Crippen LogP contribution in [-0.2, 0) is 4.84 Å². The maximum atomic E-state index is 12.9. The number of urea groups is 1. The Kier molecular flexibility index (Phi) is 4.90. The van der Waals surface area contributed by atoms with Crippen molar-refractivity contribution in [2.24, 2.45) is 0 Å². The van der Waals surface area contributed by atoms with Crippen molar-refractivity contribution in [1.29, 1.82) is 0 Å². The van der Waals surface area contributed by atoms with Crippen LogP contribution in [0.2, 0.25) is 5.15 Å². The molecule has 2 aliphatic heterocycles. The van der Waals surface area contributed by atoms with Crippen molar-refractivity contribution in [3.63, 3.8) is 0 Å². The van der Waals surface area contributed by atoms with Gasteiger partial charge < -0.3 is 9.80 Å². The van der Waals surface area contributed by atoms with E-state index in [2.05, 4.69) is 14.9 Å². The zero-order chi connectivity index (χ0) is 17.9. The van der Waals surface area contributed by atoms with Crippen molar-refractivity contribution < 1.29 is 9.63 Å². The molecule has 0 spiro atoms. The first-order chi connectivity index (χ1) is 12.7. The second-order valence-electron chi connectivity index (χ2n) is 6.33. The summed E-state index contributed by atoms with van der Waals surface area (Å²) in [7, 11) is 0. The van der Waals surface area contributed by atoms with E-state index >= 15 is 0 Å². The highest BCUT2D eigenvalue weighted by molar-refractivity contribution is 6.29. The zero-order valence-corrected chi connectivity index (χ0v) is 15.0. The van der Waals surface area contributed by atoms with Crippen molar-refractivity contribution in [2.75, 3.05) is 37.7 Å². The molecule has 1 aromatic heterocycles. The van der Waals surface area contributed by atoms with Gasteiger partial charge in [0.15, 0.2) is 0 Å². The summed E-state index contributed by atoms with van der Waals surface area (Å²) >= 11 is 5.94. The third kappa shape index (κ3) is 3.45. The molecule has 1 aromatic carbocycles. The van der Waals surface area contributed by atoms with Gasteiger partial charge >= 0.3 is 6.03 Å². The van der Waals surface area contributed by atoms with E-state index in [-0.39, 0.29) is 12.1 Å². The van der Waals surface area contributed by atoms with E-state index < -0.39 is 0 Å². The first kappa shape index (κ1) is 17.1. The minimum Gasteiger partial charge on any atom is -0.353 e. The predicted octanol–water partition coefficient (Wildman–Crippen LogP) is 2.75. The second kappa shape index (κ2) is 7.47. The molecule has 0 unspecified atom stereocenters. The molecule has 0 radical (unpaired) electrons. The predicted molar refractivity (Wildman–Crippen MR) is 97.8 cm³/mol. The number of amides is 2. The highest BCUT2D eigenvalue weighted by Gasteiger charge is 2.35. The third-order valence-corrected chi connectivity index (χ3v) is 4.98. The molecule has 7 nitrogen and oxygen atoms in total. The Labute approximate surface area is 157 Å². The average molecular weight is 374 g/mol. The van der Waals surface area contributed by atoms with Crippen LogP contribution in [0.15, 0.2) is 42.7 Å². The fourth-order valence-corrected chi connectivity index (χ4v) is 3.54. The number of anilines is 1. The largest absolute Gasteiger partial charge is 0.353 e. The molecule has 0 saturated carbocycles. The number of nitrogens with zero attached hydrogens (tertiary/aromatic N) is 5. The summed E-state index contributed by atoms with van der Waals surface area (Å²) in [6, 6.07) is 11.7. The summed E-state index contributed by atoms with van der Waals surface area (Å²) in [6.07, 6.45) is 2.27. The summed E-state index contributed by atoms with van der Waals surface area (Å²) in [5.74, 6) is 0.789. The number of aromatic nitrogens is 2. The van der Waals surface area contributed by atoms with E-state index in [9.17, 15) is 4.79 Å². The summed E-state index contributed by atoms with van der Waals surface area (Å²) in [4.78, 5) is 30.7. The Morgan fingerprint density at radius 3 is 2.62 bits per heavy atom. The topological polar surface area (TPSA) is 61.8 Å². The van der Waals surface area contributed by atoms with Gasteiger partial charge in [0, 0.05) is 38.7 Å². The molecule has 1 atom stereocenters. The van der Waals surface area contributed by atoms with Crippen molar-refractivity contribution in [3.8, 4) is 0 Å². The summed E-state index contributed by atoms with van der Waals surface area (Å²) in [6.45, 7) is 3.18. The fraction of sp³-hybridized carbons (Fsp3) is 0.389. The molecule has 136 valence electrons. The van der Waals surface area contributed by atoms with Crippen LogP contribution in [0.5, 0.6) is 0 Å². The molecule has 8 heteroatoms. The third-order valence-electron chi connectivity index (χ3n) is 4.77. The average Bonchev–Trinajstić information content (AvgIpc) is 3.18. The van der Waals surface area contributed by atoms with E-state index in [1.54, 1.807) is 6.07 Å². The second-order valence-corrected chi connectivity index (χ2v) is 6.72. The molecule has 2 aromatic rings. The number of benzene rings is 1. The minimum atomic E-state index is -0.0725. The van der Waals surface area contributed by atoms with Crippen LogP contribution in [-0.4, -0.2) is 58.7 Å². The first-order valence-electron chi connectivity index (χ1n) is 8.71. The molecule has 0 bridgehead atoms. The van der Waals surface area contributed by atoms with Crippen LogP contribution in [0.4, 0.5) is 10.6 Å². The van der Waals surface area contributed by atoms with E-state index in [4.69, 9.17) is 16.4 Å². The number of piperazine rings is 1. The van der Waals surface area contributed by atoms with Gasteiger partial charge in [-0.3, -0.25) is 4.84 Å². The maximum absolute atomic E-state index is 12.9. The van der Waals surface area contributed by atoms with Crippen LogP contribution < -0.4 is 4.90 Å². The summed E-state index contributed by atoms with van der Waals surface area (Å²) in [5.41, 5.74) is 1.10. The van der Waals surface area contributed by atoms with Crippen LogP contribution in [0.3, 0.4) is 0 Å². The molecule has 26 heavy (non-hydrogen) atoms. The van der Waals surface area contributed by atoms with Gasteiger partial charge in [0.25, 0.3) is 0 Å². The Bertz CT molecular complexity index is 767. The smallest absolute Gasteiger partial charge is 0.344 e. The standard InChI is InChI=1S/C18H20ClN5O2/c19-16-12-17(21-13-20-16)22-7-9-23(10-8-22)18(25)24-15(6-11-26-24)14-4-2-1-3-5-14/h1-5,12-13,15H,6-11H2/t15-/m0/s1. The Hall–Kier alpha value is -2.38. The molecule has 2 aliphatic rings. The molecule has 2 saturated heterocycles. The van der Waals surface area contributed by atoms with Crippen molar-refractivity contribution in [1.82, 2.24) is 19.9 Å². The Morgan fingerprint density at radius 1 is 1.12 bits per heavy atom. The number of carbonyl (C=O) groups excluding carboxylic acids is 1. The van der Waals surface area contributed by atoms with Crippen LogP contribution in [0.25, 0.3) is 0 Å². The Balaban J connectivity index is 1.40. The lowest BCUT2D eigenvalue weighted by Gasteiger charge is -2.37. The van der Waals surface area contributed by atoms with Gasteiger partial charge in [-0.25, -0.2) is 14.8 Å². The van der Waals surface area contributed by atoms with Crippen molar-refractivity contribution in [2.45, 2.75) is 12.5 Å². The minimum absolute atomic E-state index is 0.0256. The molecular formula is C18H20ClN5O2. The maximum Gasteiger partial charge on any atom is 0.344 e. The van der Waals surface area contributed by atoms with E-state index in [1.807, 2.05) is 35.2 Å². The molecule has 4 rings (SSSR count). The molecule has 0 N–H and O–H groups in total. The van der Waals surface area contributed by atoms with E-state index in [0.29, 0.717) is 37.9 Å². The van der Waals surface area contributed by atoms with Crippen molar-refractivity contribution in [3.05, 3.63) is 53.4 Å². The number of rotatable bonds is 2. The van der Waals surface area contributed by atoms with Gasteiger partial charge in [0.2, 0.25) is 0 Å². The molecule has 2 amide bonds. The lowest BCUT2D eigenvalue weighted by molar-refractivity contribution is -0.0982. The summed E-state index contributed by atoms with van der Waals surface area (Å²) < 4.78 is 0. The van der Waals surface area contributed by atoms with Crippen molar-refractivity contribution >= 4 is 23.4 Å². The molecule has 2 fully saturated rings. The van der Waals surface area contributed by atoms with Crippen LogP contribution in [0.1, 0.15) is 18.0 Å². The first-order valence-corrected chi connectivity index (χ1v) is 9.08. The van der Waals surface area contributed by atoms with E-state index in [0.717, 1.165) is 17.8 Å². The summed E-state index contributed by atoms with van der Waals surface area (Å²) in [5, 5.41) is 1.96. The van der Waals surface area contributed by atoms with Crippen LogP contribution >= 0.6 is 11.6 Å². The SMILES string of the molecule is O=C(N1CCN(c2cc(Cl)ncn2)CC1)N1OCC[C@H]1c1ccccc1. The van der Waals surface area contributed by atoms with E-state index in [1.165, 1.54) is 11.4 Å². The van der Waals surface area contributed by atoms with Crippen LogP contribution in [0, 0.1) is 0 Å². The number of hydrogen-bond acceptors (Lipinski definition) is 5. The number of halogens is 1.